The van der Waals surface area contributed by atoms with E-state index in [2.05, 4.69) is 16.3 Å². The molecule has 5 nitrogen and oxygen atoms in total. The molecule has 1 atom stereocenters. The number of aryl methyl sites for hydroxylation is 1. The second-order valence-corrected chi connectivity index (χ2v) is 6.01. The summed E-state index contributed by atoms with van der Waals surface area (Å²) in [5.41, 5.74) is 3.17. The van der Waals surface area contributed by atoms with Gasteiger partial charge in [0.05, 0.1) is 5.69 Å². The van der Waals surface area contributed by atoms with Crippen LogP contribution in [-0.2, 0) is 16.0 Å². The largest absolute Gasteiger partial charge is 0.368 e. The third-order valence-corrected chi connectivity index (χ3v) is 4.22. The Labute approximate surface area is 136 Å². The Hall–Kier alpha value is -2.14. The lowest BCUT2D eigenvalue weighted by Crippen LogP contribution is -2.36. The molecule has 2 aromatic rings. The highest BCUT2D eigenvalue weighted by Crippen LogP contribution is 2.18. The van der Waals surface area contributed by atoms with Crippen LogP contribution in [0.1, 0.15) is 25.0 Å². The van der Waals surface area contributed by atoms with Crippen molar-refractivity contribution in [3.63, 3.8) is 0 Å². The number of amides is 1. The lowest BCUT2D eigenvalue weighted by molar-refractivity contribution is -0.139. The molecule has 122 valence electrons. The first kappa shape index (κ1) is 15.7. The average Bonchev–Trinajstić information content (AvgIpc) is 3.27. The molecule has 0 aliphatic carbocycles. The van der Waals surface area contributed by atoms with Crippen molar-refractivity contribution in [2.24, 2.45) is 0 Å². The number of aromatic nitrogens is 2. The van der Waals surface area contributed by atoms with Gasteiger partial charge in [-0.05, 0) is 31.7 Å². The van der Waals surface area contributed by atoms with E-state index in [9.17, 15) is 4.79 Å². The number of ether oxygens (including phenoxy) is 1. The van der Waals surface area contributed by atoms with Crippen molar-refractivity contribution in [1.82, 2.24) is 15.1 Å². The Morgan fingerprint density at radius 2 is 2.22 bits per heavy atom. The van der Waals surface area contributed by atoms with Crippen LogP contribution in [-0.4, -0.2) is 47.3 Å². The smallest absolute Gasteiger partial charge is 0.251 e. The van der Waals surface area contributed by atoms with Gasteiger partial charge in [-0.3, -0.25) is 9.89 Å². The molecule has 23 heavy (non-hydrogen) atoms. The van der Waals surface area contributed by atoms with Gasteiger partial charge in [-0.1, -0.05) is 30.3 Å². The predicted octanol–water partition coefficient (Wildman–Crippen LogP) is 2.65. The molecule has 1 fully saturated rings. The number of carbonyl (C=O) groups is 1. The first-order valence-corrected chi connectivity index (χ1v) is 8.20. The minimum Gasteiger partial charge on any atom is -0.368 e. The summed E-state index contributed by atoms with van der Waals surface area (Å²) in [6, 6.07) is 12.2. The standard InChI is InChI=1S/C18H23N3O2/c1-21(18(22)17-10-6-12-23-17)11-5-9-15-13-16(20-19-15)14-7-3-2-4-8-14/h2-4,7-8,13,17H,5-6,9-12H2,1H3,(H,19,20). The molecule has 1 aromatic carbocycles. The van der Waals surface area contributed by atoms with Crippen LogP contribution in [0.2, 0.25) is 0 Å². The van der Waals surface area contributed by atoms with E-state index in [1.807, 2.05) is 37.4 Å². The molecule has 5 heteroatoms. The van der Waals surface area contributed by atoms with E-state index in [1.165, 1.54) is 0 Å². The summed E-state index contributed by atoms with van der Waals surface area (Å²) in [6.45, 7) is 1.44. The van der Waals surface area contributed by atoms with Gasteiger partial charge in [0.2, 0.25) is 0 Å². The number of benzene rings is 1. The fourth-order valence-corrected chi connectivity index (χ4v) is 2.88. The molecule has 1 aliphatic heterocycles. The molecule has 1 unspecified atom stereocenters. The van der Waals surface area contributed by atoms with Crippen LogP contribution in [0.4, 0.5) is 0 Å². The van der Waals surface area contributed by atoms with Gasteiger partial charge in [0.1, 0.15) is 6.10 Å². The number of rotatable bonds is 6. The number of nitrogens with one attached hydrogen (secondary N) is 1. The molecule has 1 saturated heterocycles. The molecule has 0 radical (unpaired) electrons. The van der Waals surface area contributed by atoms with Gasteiger partial charge in [0, 0.05) is 31.5 Å². The Bertz CT molecular complexity index is 633. The van der Waals surface area contributed by atoms with Crippen molar-refractivity contribution in [3.05, 3.63) is 42.1 Å². The molecular formula is C18H23N3O2. The molecule has 0 bridgehead atoms. The second kappa shape index (κ2) is 7.42. The summed E-state index contributed by atoms with van der Waals surface area (Å²) < 4.78 is 5.45. The maximum Gasteiger partial charge on any atom is 0.251 e. The molecule has 1 N–H and O–H groups in total. The molecule has 0 spiro atoms. The molecule has 1 aliphatic rings. The van der Waals surface area contributed by atoms with Crippen molar-refractivity contribution >= 4 is 5.91 Å². The van der Waals surface area contributed by atoms with E-state index in [-0.39, 0.29) is 12.0 Å². The van der Waals surface area contributed by atoms with Crippen LogP contribution in [0.5, 0.6) is 0 Å². The number of nitrogens with zero attached hydrogens (tertiary/aromatic N) is 2. The van der Waals surface area contributed by atoms with Gasteiger partial charge in [-0.15, -0.1) is 0 Å². The van der Waals surface area contributed by atoms with Crippen LogP contribution in [0.15, 0.2) is 36.4 Å². The summed E-state index contributed by atoms with van der Waals surface area (Å²) in [7, 11) is 1.85. The maximum atomic E-state index is 12.2. The molecule has 1 aromatic heterocycles. The summed E-state index contributed by atoms with van der Waals surface area (Å²) in [5.74, 6) is 0.108. The molecule has 1 amide bonds. The summed E-state index contributed by atoms with van der Waals surface area (Å²) in [5, 5.41) is 7.44. The Morgan fingerprint density at radius 3 is 2.96 bits per heavy atom. The first-order chi connectivity index (χ1) is 11.2. The Balaban J connectivity index is 1.47. The molecule has 3 rings (SSSR count). The third kappa shape index (κ3) is 3.99. The number of H-pyrrole nitrogens is 1. The van der Waals surface area contributed by atoms with Crippen molar-refractivity contribution in [3.8, 4) is 11.3 Å². The molecule has 0 saturated carbocycles. The van der Waals surface area contributed by atoms with Gasteiger partial charge in [-0.2, -0.15) is 5.10 Å². The highest BCUT2D eigenvalue weighted by molar-refractivity contribution is 5.80. The van der Waals surface area contributed by atoms with Gasteiger partial charge in [-0.25, -0.2) is 0 Å². The van der Waals surface area contributed by atoms with Gasteiger partial charge in [0.25, 0.3) is 5.91 Å². The lowest BCUT2D eigenvalue weighted by Gasteiger charge is -2.20. The number of carbonyl (C=O) groups excluding carboxylic acids is 1. The van der Waals surface area contributed by atoms with Gasteiger partial charge in [0.15, 0.2) is 0 Å². The van der Waals surface area contributed by atoms with E-state index in [1.54, 1.807) is 4.90 Å². The number of aromatic amines is 1. The Kier molecular flexibility index (Phi) is 5.08. The fourth-order valence-electron chi connectivity index (χ4n) is 2.88. The normalized spacial score (nSPS) is 17.3. The highest BCUT2D eigenvalue weighted by Gasteiger charge is 2.26. The van der Waals surface area contributed by atoms with Crippen LogP contribution < -0.4 is 0 Å². The van der Waals surface area contributed by atoms with Crippen LogP contribution in [0, 0.1) is 0 Å². The predicted molar refractivity (Wildman–Crippen MR) is 89.0 cm³/mol. The zero-order valence-electron chi connectivity index (χ0n) is 13.5. The quantitative estimate of drug-likeness (QED) is 0.892. The lowest BCUT2D eigenvalue weighted by atomic mass is 10.1. The van der Waals surface area contributed by atoms with Crippen molar-refractivity contribution < 1.29 is 9.53 Å². The summed E-state index contributed by atoms with van der Waals surface area (Å²) in [6.07, 6.45) is 3.40. The fraction of sp³-hybridized carbons (Fsp3) is 0.444. The van der Waals surface area contributed by atoms with E-state index in [0.29, 0.717) is 6.61 Å². The minimum absolute atomic E-state index is 0.108. The van der Waals surface area contributed by atoms with E-state index in [0.717, 1.165) is 49.2 Å². The van der Waals surface area contributed by atoms with Crippen LogP contribution >= 0.6 is 0 Å². The number of hydrogen-bond donors (Lipinski definition) is 1. The van der Waals surface area contributed by atoms with Crippen molar-refractivity contribution in [2.75, 3.05) is 20.2 Å². The average molecular weight is 313 g/mol. The second-order valence-electron chi connectivity index (χ2n) is 6.01. The highest BCUT2D eigenvalue weighted by atomic mass is 16.5. The zero-order chi connectivity index (χ0) is 16.1. The van der Waals surface area contributed by atoms with Crippen LogP contribution in [0.25, 0.3) is 11.3 Å². The van der Waals surface area contributed by atoms with Crippen LogP contribution in [0.3, 0.4) is 0 Å². The van der Waals surface area contributed by atoms with E-state index in [4.69, 9.17) is 4.74 Å². The van der Waals surface area contributed by atoms with Gasteiger partial charge < -0.3 is 9.64 Å². The summed E-state index contributed by atoms with van der Waals surface area (Å²) in [4.78, 5) is 13.9. The van der Waals surface area contributed by atoms with E-state index >= 15 is 0 Å². The van der Waals surface area contributed by atoms with Gasteiger partial charge >= 0.3 is 0 Å². The first-order valence-electron chi connectivity index (χ1n) is 8.20. The molecular weight excluding hydrogens is 290 g/mol. The number of likely N-dealkylation sites (N-methyl/N-ethyl adjacent to an activating group) is 1. The maximum absolute atomic E-state index is 12.2. The number of hydrogen-bond acceptors (Lipinski definition) is 3. The minimum atomic E-state index is -0.225. The molecule has 2 heterocycles. The SMILES string of the molecule is CN(CCCc1cc(-c2ccccc2)n[nH]1)C(=O)C1CCCO1. The zero-order valence-corrected chi connectivity index (χ0v) is 13.5. The van der Waals surface area contributed by atoms with Crippen molar-refractivity contribution in [2.45, 2.75) is 31.8 Å². The Morgan fingerprint density at radius 1 is 1.39 bits per heavy atom. The third-order valence-electron chi connectivity index (χ3n) is 4.22. The topological polar surface area (TPSA) is 58.2 Å². The van der Waals surface area contributed by atoms with Crippen molar-refractivity contribution in [1.29, 1.82) is 0 Å². The van der Waals surface area contributed by atoms with E-state index < -0.39 is 0 Å². The monoisotopic (exact) mass is 313 g/mol. The summed E-state index contributed by atoms with van der Waals surface area (Å²) >= 11 is 0.